The Kier molecular flexibility index (Phi) is 11.4. The number of hydrogen-bond donors (Lipinski definition) is 3. The van der Waals surface area contributed by atoms with Crippen molar-refractivity contribution in [1.29, 1.82) is 0 Å². The number of hydrogen-bond acceptors (Lipinski definition) is 8. The Morgan fingerprint density at radius 2 is 1.32 bits per heavy atom. The van der Waals surface area contributed by atoms with Crippen LogP contribution in [0.15, 0.2) is 156 Å². The van der Waals surface area contributed by atoms with Crippen molar-refractivity contribution in [2.75, 3.05) is 24.9 Å². The Bertz CT molecular complexity index is 2560. The molecule has 0 bridgehead atoms. The second-order valence-electron chi connectivity index (χ2n) is 12.8. The van der Waals surface area contributed by atoms with Gasteiger partial charge in [-0.15, -0.1) is 11.8 Å². The molecular formula is C46H35N3O7S. The van der Waals surface area contributed by atoms with Crippen LogP contribution in [-0.2, 0) is 9.59 Å². The van der Waals surface area contributed by atoms with Crippen molar-refractivity contribution in [2.45, 2.75) is 10.1 Å². The van der Waals surface area contributed by atoms with Gasteiger partial charge >= 0.3 is 0 Å². The summed E-state index contributed by atoms with van der Waals surface area (Å²) in [6.45, 7) is 0. The minimum atomic E-state index is -0.808. The fraction of sp³-hybridized carbons (Fsp3) is 0.0652. The Labute approximate surface area is 332 Å². The van der Waals surface area contributed by atoms with E-state index in [0.717, 1.165) is 0 Å². The highest BCUT2D eigenvalue weighted by molar-refractivity contribution is 8.00. The zero-order valence-electron chi connectivity index (χ0n) is 30.8. The predicted molar refractivity (Wildman–Crippen MR) is 220 cm³/mol. The van der Waals surface area contributed by atoms with E-state index in [1.807, 2.05) is 36.4 Å². The number of fused-ring (bicyclic) bond motifs is 2. The van der Waals surface area contributed by atoms with Crippen molar-refractivity contribution >= 4 is 58.5 Å². The summed E-state index contributed by atoms with van der Waals surface area (Å²) in [5.74, 6) is -1.17. The number of carbonyl (C=O) groups is 5. The van der Waals surface area contributed by atoms with Crippen LogP contribution in [0, 0.1) is 0 Å². The maximum Gasteiger partial charge on any atom is 0.272 e. The van der Waals surface area contributed by atoms with Crippen LogP contribution in [0.3, 0.4) is 0 Å². The Balaban J connectivity index is 1.16. The zero-order valence-corrected chi connectivity index (χ0v) is 31.6. The SMILES string of the molecule is COc1ccc(/C=C(/NC(=O)c2ccccc2)C(=O)Nc2cccc(SC(C(=O)Nc3cccc4c3C(=O)c3ccccc3C4=O)c3ccccc3)c2)c(OC)c1. The van der Waals surface area contributed by atoms with E-state index < -0.39 is 23.0 Å². The van der Waals surface area contributed by atoms with Gasteiger partial charge in [0.15, 0.2) is 11.6 Å². The number of benzene rings is 6. The van der Waals surface area contributed by atoms with Crippen LogP contribution in [-0.4, -0.2) is 43.5 Å². The lowest BCUT2D eigenvalue weighted by molar-refractivity contribution is -0.116. The van der Waals surface area contributed by atoms with Gasteiger partial charge < -0.3 is 25.4 Å². The third kappa shape index (κ3) is 8.38. The third-order valence-electron chi connectivity index (χ3n) is 9.17. The summed E-state index contributed by atoms with van der Waals surface area (Å²) in [4.78, 5) is 69.1. The molecule has 6 aromatic rings. The molecule has 1 aliphatic rings. The van der Waals surface area contributed by atoms with Crippen LogP contribution in [0.2, 0.25) is 0 Å². The molecule has 282 valence electrons. The highest BCUT2D eigenvalue weighted by Crippen LogP contribution is 2.39. The van der Waals surface area contributed by atoms with E-state index in [9.17, 15) is 24.0 Å². The van der Waals surface area contributed by atoms with E-state index in [1.54, 1.807) is 109 Å². The van der Waals surface area contributed by atoms with Crippen LogP contribution in [0.5, 0.6) is 11.5 Å². The molecule has 3 N–H and O–H groups in total. The first-order valence-corrected chi connectivity index (χ1v) is 18.7. The summed E-state index contributed by atoms with van der Waals surface area (Å²) in [5.41, 5.74) is 3.13. The quantitative estimate of drug-likeness (QED) is 0.0832. The second kappa shape index (κ2) is 17.1. The van der Waals surface area contributed by atoms with Gasteiger partial charge in [-0.3, -0.25) is 24.0 Å². The summed E-state index contributed by atoms with van der Waals surface area (Å²) in [7, 11) is 3.03. The smallest absolute Gasteiger partial charge is 0.272 e. The molecule has 0 heterocycles. The predicted octanol–water partition coefficient (Wildman–Crippen LogP) is 8.36. The standard InChI is InChI=1S/C46H35N3O7S/c1-55-32-24-23-30(39(27-32)56-2)25-38(49-44(52)29-15-7-4-8-16-29)45(53)47-31-17-11-18-33(26-31)57-43(28-13-5-3-6-14-28)46(54)48-37-22-12-21-36-40(37)42(51)35-20-10-9-19-34(35)41(36)50/h3-27,43H,1-2H3,(H,47,53)(H,48,54)(H,49,52)/b38-25+. The molecule has 57 heavy (non-hydrogen) atoms. The van der Waals surface area contributed by atoms with E-state index in [1.165, 1.54) is 32.1 Å². The molecule has 6 aromatic carbocycles. The highest BCUT2D eigenvalue weighted by atomic mass is 32.2. The minimum Gasteiger partial charge on any atom is -0.497 e. The van der Waals surface area contributed by atoms with Crippen LogP contribution in [0.4, 0.5) is 11.4 Å². The molecule has 0 saturated heterocycles. The summed E-state index contributed by atoms with van der Waals surface area (Å²) in [6.07, 6.45) is 1.52. The maximum atomic E-state index is 14.2. The topological polar surface area (TPSA) is 140 Å². The first kappa shape index (κ1) is 38.1. The van der Waals surface area contributed by atoms with E-state index in [2.05, 4.69) is 16.0 Å². The van der Waals surface area contributed by atoms with Crippen molar-refractivity contribution in [2.24, 2.45) is 0 Å². The maximum absolute atomic E-state index is 14.2. The molecule has 3 amide bonds. The molecule has 1 aliphatic carbocycles. The molecule has 1 atom stereocenters. The summed E-state index contributed by atoms with van der Waals surface area (Å²) >= 11 is 1.24. The van der Waals surface area contributed by atoms with Gasteiger partial charge in [0.2, 0.25) is 5.91 Å². The van der Waals surface area contributed by atoms with Crippen molar-refractivity contribution < 1.29 is 33.4 Å². The molecule has 11 heteroatoms. The largest absolute Gasteiger partial charge is 0.497 e. The van der Waals surface area contributed by atoms with Crippen molar-refractivity contribution in [3.05, 3.63) is 190 Å². The molecule has 0 aliphatic heterocycles. The lowest BCUT2D eigenvalue weighted by Gasteiger charge is -2.22. The van der Waals surface area contributed by atoms with Gasteiger partial charge in [0.25, 0.3) is 11.8 Å². The average Bonchev–Trinajstić information content (AvgIpc) is 3.25. The Morgan fingerprint density at radius 1 is 0.649 bits per heavy atom. The first-order valence-electron chi connectivity index (χ1n) is 17.8. The lowest BCUT2D eigenvalue weighted by atomic mass is 9.83. The van der Waals surface area contributed by atoms with Crippen LogP contribution >= 0.6 is 11.8 Å². The van der Waals surface area contributed by atoms with E-state index in [-0.39, 0.29) is 39.6 Å². The number of ketones is 2. The molecular weight excluding hydrogens is 739 g/mol. The van der Waals surface area contributed by atoms with Crippen LogP contribution in [0.1, 0.15) is 58.6 Å². The monoisotopic (exact) mass is 773 g/mol. The first-order chi connectivity index (χ1) is 27.7. The summed E-state index contributed by atoms with van der Waals surface area (Å²) in [6, 6.07) is 41.2. The fourth-order valence-corrected chi connectivity index (χ4v) is 7.45. The van der Waals surface area contributed by atoms with Crippen molar-refractivity contribution in [1.82, 2.24) is 5.32 Å². The lowest BCUT2D eigenvalue weighted by Crippen LogP contribution is -2.30. The highest BCUT2D eigenvalue weighted by Gasteiger charge is 2.33. The number of nitrogens with one attached hydrogen (secondary N) is 3. The van der Waals surface area contributed by atoms with Crippen molar-refractivity contribution in [3.8, 4) is 11.5 Å². The average molecular weight is 774 g/mol. The number of thioether (sulfide) groups is 1. The van der Waals surface area contributed by atoms with Gasteiger partial charge in [-0.1, -0.05) is 91.0 Å². The third-order valence-corrected chi connectivity index (χ3v) is 10.4. The fourth-order valence-electron chi connectivity index (χ4n) is 6.37. The minimum absolute atomic E-state index is 0.0474. The molecule has 0 aromatic heterocycles. The number of amides is 3. The molecule has 0 saturated carbocycles. The molecule has 0 fully saturated rings. The molecule has 7 rings (SSSR count). The summed E-state index contributed by atoms with van der Waals surface area (Å²) in [5, 5.41) is 7.75. The van der Waals surface area contributed by atoms with Gasteiger partial charge in [0.1, 0.15) is 22.4 Å². The summed E-state index contributed by atoms with van der Waals surface area (Å²) < 4.78 is 10.9. The normalized spacial score (nSPS) is 12.4. The van der Waals surface area contributed by atoms with Gasteiger partial charge in [0.05, 0.1) is 25.5 Å². The number of ether oxygens (including phenoxy) is 2. The molecule has 0 radical (unpaired) electrons. The zero-order chi connectivity index (χ0) is 39.9. The molecule has 1 unspecified atom stereocenters. The number of methoxy groups -OCH3 is 2. The van der Waals surface area contributed by atoms with Crippen LogP contribution < -0.4 is 25.4 Å². The number of carbonyl (C=O) groups excluding carboxylic acids is 5. The molecule has 10 nitrogen and oxygen atoms in total. The van der Waals surface area contributed by atoms with Gasteiger partial charge in [-0.25, -0.2) is 0 Å². The number of anilines is 2. The van der Waals surface area contributed by atoms with Crippen molar-refractivity contribution in [3.63, 3.8) is 0 Å². The molecule has 0 spiro atoms. The van der Waals surface area contributed by atoms with E-state index in [4.69, 9.17) is 9.47 Å². The van der Waals surface area contributed by atoms with E-state index in [0.29, 0.717) is 44.3 Å². The second-order valence-corrected chi connectivity index (χ2v) is 14.0. The van der Waals surface area contributed by atoms with Gasteiger partial charge in [-0.05, 0) is 60.2 Å². The van der Waals surface area contributed by atoms with E-state index >= 15 is 0 Å². The Morgan fingerprint density at radius 3 is 2.04 bits per heavy atom. The number of rotatable bonds is 12. The van der Waals surface area contributed by atoms with Crippen LogP contribution in [0.25, 0.3) is 6.08 Å². The van der Waals surface area contributed by atoms with Gasteiger partial charge in [0, 0.05) is 44.5 Å². The Hall–Kier alpha value is -7.24. The van der Waals surface area contributed by atoms with Gasteiger partial charge in [-0.2, -0.15) is 0 Å².